The molecule has 1 amide bonds. The molecular formula is C27H34N4O. The van der Waals surface area contributed by atoms with Gasteiger partial charge in [0.05, 0.1) is 24.5 Å². The maximum absolute atomic E-state index is 12.6. The number of aromatic nitrogens is 2. The number of rotatable bonds is 8. The molecule has 1 aliphatic heterocycles. The second-order valence-corrected chi connectivity index (χ2v) is 9.21. The molecule has 0 saturated carbocycles. The van der Waals surface area contributed by atoms with Crippen LogP contribution in [0, 0.1) is 5.92 Å². The molecule has 0 atom stereocenters. The third-order valence-electron chi connectivity index (χ3n) is 6.14. The summed E-state index contributed by atoms with van der Waals surface area (Å²) in [7, 11) is 0. The van der Waals surface area contributed by atoms with E-state index in [1.165, 1.54) is 11.3 Å². The van der Waals surface area contributed by atoms with Crippen LogP contribution in [0.15, 0.2) is 66.7 Å². The largest absolute Gasteiger partial charge is 0.349 e. The zero-order chi connectivity index (χ0) is 22.3. The number of carbonyl (C=O) groups is 1. The van der Waals surface area contributed by atoms with Crippen molar-refractivity contribution in [1.82, 2.24) is 20.0 Å². The molecule has 32 heavy (non-hydrogen) atoms. The van der Waals surface area contributed by atoms with Crippen LogP contribution in [0.5, 0.6) is 0 Å². The predicted molar refractivity (Wildman–Crippen MR) is 129 cm³/mol. The van der Waals surface area contributed by atoms with Crippen molar-refractivity contribution in [2.24, 2.45) is 5.92 Å². The Balaban J connectivity index is 1.30. The number of hydrogen-bond acceptors (Lipinski definition) is 3. The number of likely N-dealkylation sites (tertiary alicyclic amines) is 1. The topological polar surface area (TPSA) is 50.2 Å². The lowest BCUT2D eigenvalue weighted by Crippen LogP contribution is -2.41. The first-order valence-corrected chi connectivity index (χ1v) is 11.8. The van der Waals surface area contributed by atoms with Crippen molar-refractivity contribution in [2.75, 3.05) is 19.6 Å². The van der Waals surface area contributed by atoms with Crippen molar-refractivity contribution in [3.8, 4) is 5.69 Å². The maximum atomic E-state index is 12.6. The second-order valence-electron chi connectivity index (χ2n) is 9.21. The summed E-state index contributed by atoms with van der Waals surface area (Å²) in [6.45, 7) is 7.28. The lowest BCUT2D eigenvalue weighted by atomic mass is 9.89. The molecule has 1 N–H and O–H groups in total. The summed E-state index contributed by atoms with van der Waals surface area (Å²) in [6, 6.07) is 23.1. The summed E-state index contributed by atoms with van der Waals surface area (Å²) in [5, 5.41) is 7.86. The second kappa shape index (κ2) is 10.6. The van der Waals surface area contributed by atoms with E-state index in [9.17, 15) is 4.79 Å². The van der Waals surface area contributed by atoms with Crippen molar-refractivity contribution >= 4 is 5.91 Å². The zero-order valence-electron chi connectivity index (χ0n) is 19.2. The SMILES string of the molecule is CC(C)Cc1cc(CNC(=O)CN2CCC(c3ccccc3)CC2)nn1-c1ccccc1. The van der Waals surface area contributed by atoms with Crippen LogP contribution in [0.3, 0.4) is 0 Å². The standard InChI is InChI=1S/C27H34N4O/c1-21(2)17-26-18-24(29-31(26)25-11-7-4-8-12-25)19-28-27(32)20-30-15-13-23(14-16-30)22-9-5-3-6-10-22/h3-12,18,21,23H,13-17,19-20H2,1-2H3,(H,28,32). The third kappa shape index (κ3) is 5.86. The van der Waals surface area contributed by atoms with Gasteiger partial charge in [-0.1, -0.05) is 62.4 Å². The molecule has 5 heteroatoms. The number of piperidine rings is 1. The van der Waals surface area contributed by atoms with Gasteiger partial charge in [0, 0.05) is 5.69 Å². The Morgan fingerprint density at radius 2 is 1.69 bits per heavy atom. The van der Waals surface area contributed by atoms with Gasteiger partial charge in [-0.15, -0.1) is 0 Å². The number of nitrogens with one attached hydrogen (secondary N) is 1. The van der Waals surface area contributed by atoms with Crippen molar-refractivity contribution in [3.05, 3.63) is 83.7 Å². The Kier molecular flexibility index (Phi) is 7.38. The Labute approximate surface area is 191 Å². The minimum absolute atomic E-state index is 0.0721. The molecule has 0 radical (unpaired) electrons. The summed E-state index contributed by atoms with van der Waals surface area (Å²) in [5.41, 5.74) is 4.56. The lowest BCUT2D eigenvalue weighted by Gasteiger charge is -2.31. The number of nitrogens with zero attached hydrogens (tertiary/aromatic N) is 3. The number of para-hydroxylation sites is 1. The van der Waals surface area contributed by atoms with Gasteiger partial charge < -0.3 is 5.32 Å². The van der Waals surface area contributed by atoms with Gasteiger partial charge >= 0.3 is 0 Å². The third-order valence-corrected chi connectivity index (χ3v) is 6.14. The van der Waals surface area contributed by atoms with Crippen LogP contribution >= 0.6 is 0 Å². The first-order valence-electron chi connectivity index (χ1n) is 11.8. The minimum Gasteiger partial charge on any atom is -0.349 e. The van der Waals surface area contributed by atoms with Gasteiger partial charge in [0.25, 0.3) is 0 Å². The molecule has 0 spiro atoms. The van der Waals surface area contributed by atoms with E-state index < -0.39 is 0 Å². The average molecular weight is 431 g/mol. The Morgan fingerprint density at radius 3 is 2.34 bits per heavy atom. The highest BCUT2D eigenvalue weighted by Crippen LogP contribution is 2.27. The van der Waals surface area contributed by atoms with Crippen LogP contribution in [0.2, 0.25) is 0 Å². The monoisotopic (exact) mass is 430 g/mol. The molecule has 0 aliphatic carbocycles. The summed E-state index contributed by atoms with van der Waals surface area (Å²) in [6.07, 6.45) is 3.17. The van der Waals surface area contributed by atoms with Crippen LogP contribution in [0.1, 0.15) is 49.6 Å². The van der Waals surface area contributed by atoms with E-state index in [1.807, 2.05) is 22.9 Å². The fourth-order valence-corrected chi connectivity index (χ4v) is 4.52. The van der Waals surface area contributed by atoms with E-state index in [-0.39, 0.29) is 5.91 Å². The Bertz CT molecular complexity index is 989. The number of amides is 1. The first-order chi connectivity index (χ1) is 15.6. The van der Waals surface area contributed by atoms with Crippen molar-refractivity contribution in [2.45, 2.75) is 45.6 Å². The van der Waals surface area contributed by atoms with Crippen LogP contribution in [-0.4, -0.2) is 40.2 Å². The van der Waals surface area contributed by atoms with E-state index in [2.05, 4.69) is 72.6 Å². The highest BCUT2D eigenvalue weighted by Gasteiger charge is 2.22. The van der Waals surface area contributed by atoms with Crippen LogP contribution in [-0.2, 0) is 17.8 Å². The van der Waals surface area contributed by atoms with E-state index in [4.69, 9.17) is 5.10 Å². The quantitative estimate of drug-likeness (QED) is 0.570. The molecule has 168 valence electrons. The number of hydrogen-bond donors (Lipinski definition) is 1. The van der Waals surface area contributed by atoms with Gasteiger partial charge in [0.15, 0.2) is 0 Å². The van der Waals surface area contributed by atoms with Crippen LogP contribution in [0.4, 0.5) is 0 Å². The molecule has 0 bridgehead atoms. The highest BCUT2D eigenvalue weighted by molar-refractivity contribution is 5.78. The molecule has 2 aromatic carbocycles. The summed E-state index contributed by atoms with van der Waals surface area (Å²) in [5.74, 6) is 1.22. The van der Waals surface area contributed by atoms with Crippen LogP contribution in [0.25, 0.3) is 5.69 Å². The fourth-order valence-electron chi connectivity index (χ4n) is 4.52. The van der Waals surface area contributed by atoms with Gasteiger partial charge in [-0.3, -0.25) is 9.69 Å². The molecule has 1 aromatic heterocycles. The van der Waals surface area contributed by atoms with E-state index >= 15 is 0 Å². The van der Waals surface area contributed by atoms with Crippen molar-refractivity contribution in [3.63, 3.8) is 0 Å². The lowest BCUT2D eigenvalue weighted by molar-refractivity contribution is -0.122. The molecule has 0 unspecified atom stereocenters. The van der Waals surface area contributed by atoms with E-state index in [1.54, 1.807) is 0 Å². The molecule has 5 nitrogen and oxygen atoms in total. The first kappa shape index (κ1) is 22.3. The molecule has 1 aliphatic rings. The Morgan fingerprint density at radius 1 is 1.03 bits per heavy atom. The smallest absolute Gasteiger partial charge is 0.234 e. The minimum atomic E-state index is 0.0721. The van der Waals surface area contributed by atoms with Gasteiger partial charge in [0.1, 0.15) is 0 Å². The highest BCUT2D eigenvalue weighted by atomic mass is 16.2. The normalized spacial score (nSPS) is 15.2. The zero-order valence-corrected chi connectivity index (χ0v) is 19.2. The Hall–Kier alpha value is -2.92. The van der Waals surface area contributed by atoms with Crippen molar-refractivity contribution in [1.29, 1.82) is 0 Å². The number of carbonyl (C=O) groups excluding carboxylic acids is 1. The van der Waals surface area contributed by atoms with Crippen LogP contribution < -0.4 is 5.32 Å². The predicted octanol–water partition coefficient (Wildman–Crippen LogP) is 4.57. The molecule has 3 aromatic rings. The summed E-state index contributed by atoms with van der Waals surface area (Å²) in [4.78, 5) is 14.9. The number of benzene rings is 2. The fraction of sp³-hybridized carbons (Fsp3) is 0.407. The summed E-state index contributed by atoms with van der Waals surface area (Å²) >= 11 is 0. The summed E-state index contributed by atoms with van der Waals surface area (Å²) < 4.78 is 2.01. The van der Waals surface area contributed by atoms with Gasteiger partial charge in [-0.25, -0.2) is 4.68 Å². The van der Waals surface area contributed by atoms with Crippen molar-refractivity contribution < 1.29 is 4.79 Å². The average Bonchev–Trinajstić information content (AvgIpc) is 3.21. The van der Waals surface area contributed by atoms with Gasteiger partial charge in [0.2, 0.25) is 5.91 Å². The molecule has 4 rings (SSSR count). The molecule has 2 heterocycles. The van der Waals surface area contributed by atoms with Gasteiger partial charge in [-0.05, 0) is 68.0 Å². The molecular weight excluding hydrogens is 396 g/mol. The van der Waals surface area contributed by atoms with E-state index in [0.29, 0.717) is 24.9 Å². The van der Waals surface area contributed by atoms with E-state index in [0.717, 1.165) is 43.7 Å². The molecule has 1 saturated heterocycles. The molecule has 1 fully saturated rings. The maximum Gasteiger partial charge on any atom is 0.234 e. The van der Waals surface area contributed by atoms with Gasteiger partial charge in [-0.2, -0.15) is 5.10 Å².